The van der Waals surface area contributed by atoms with Gasteiger partial charge in [0.25, 0.3) is 5.91 Å². The van der Waals surface area contributed by atoms with E-state index in [4.69, 9.17) is 10.5 Å². The highest BCUT2D eigenvalue weighted by molar-refractivity contribution is 6.07. The molecule has 4 rings (SSSR count). The van der Waals surface area contributed by atoms with Crippen LogP contribution in [0.3, 0.4) is 0 Å². The summed E-state index contributed by atoms with van der Waals surface area (Å²) in [4.78, 5) is 29.6. The van der Waals surface area contributed by atoms with Gasteiger partial charge in [-0.25, -0.2) is 4.79 Å². The number of nitrogens with one attached hydrogen (secondary N) is 1. The lowest BCUT2D eigenvalue weighted by Crippen LogP contribution is -2.41. The highest BCUT2D eigenvalue weighted by Crippen LogP contribution is 2.31. The van der Waals surface area contributed by atoms with Crippen LogP contribution in [0.2, 0.25) is 0 Å². The third kappa shape index (κ3) is 5.38. The molecule has 0 radical (unpaired) electrons. The van der Waals surface area contributed by atoms with E-state index in [2.05, 4.69) is 11.1 Å². The molecule has 174 valence electrons. The van der Waals surface area contributed by atoms with Crippen LogP contribution in [0.25, 0.3) is 22.0 Å². The minimum absolute atomic E-state index is 0.218. The molecule has 3 N–H and O–H groups in total. The number of benzene rings is 2. The molecule has 2 aromatic carbocycles. The number of hydrogen-bond acceptors (Lipinski definition) is 3. The monoisotopic (exact) mass is 447 g/mol. The van der Waals surface area contributed by atoms with E-state index in [1.807, 2.05) is 68.3 Å². The molecule has 0 atom stereocenters. The van der Waals surface area contributed by atoms with Crippen LogP contribution in [-0.4, -0.2) is 40.6 Å². The largest absolute Gasteiger partial charge is 0.444 e. The lowest BCUT2D eigenvalue weighted by atomic mass is 9.90. The Kier molecular flexibility index (Phi) is 6.45. The van der Waals surface area contributed by atoms with Crippen molar-refractivity contribution in [3.8, 4) is 11.1 Å². The molecule has 0 aliphatic carbocycles. The van der Waals surface area contributed by atoms with Crippen LogP contribution in [0.15, 0.2) is 48.7 Å². The number of piperidine rings is 1. The second-order valence-electron chi connectivity index (χ2n) is 9.94. The molecule has 0 saturated carbocycles. The first kappa shape index (κ1) is 22.9. The molecular formula is C27H33N3O3. The Labute approximate surface area is 195 Å². The SMILES string of the molecule is CC(C)(C)OC(=O)N1CCC(CCc2c[nH]c3c(C(N)=O)cc(-c4ccccc4)cc23)CC1. The number of fused-ring (bicyclic) bond motifs is 1. The quantitative estimate of drug-likeness (QED) is 0.540. The Balaban J connectivity index is 1.46. The summed E-state index contributed by atoms with van der Waals surface area (Å²) in [5.74, 6) is 0.127. The van der Waals surface area contributed by atoms with Gasteiger partial charge in [0.2, 0.25) is 0 Å². The van der Waals surface area contributed by atoms with Crippen molar-refractivity contribution in [2.24, 2.45) is 11.7 Å². The molecule has 3 aromatic rings. The van der Waals surface area contributed by atoms with Crippen LogP contribution in [0.5, 0.6) is 0 Å². The van der Waals surface area contributed by atoms with Gasteiger partial charge in [-0.05, 0) is 81.2 Å². The lowest BCUT2D eigenvalue weighted by Gasteiger charge is -2.33. The van der Waals surface area contributed by atoms with Gasteiger partial charge in [0.15, 0.2) is 0 Å². The van der Waals surface area contributed by atoms with Gasteiger partial charge in [-0.3, -0.25) is 4.79 Å². The predicted octanol–water partition coefficient (Wildman–Crippen LogP) is 5.51. The maximum Gasteiger partial charge on any atom is 0.410 e. The fourth-order valence-electron chi connectivity index (χ4n) is 4.58. The summed E-state index contributed by atoms with van der Waals surface area (Å²) in [5.41, 5.74) is 9.80. The van der Waals surface area contributed by atoms with Crippen molar-refractivity contribution in [2.75, 3.05) is 13.1 Å². The predicted molar refractivity (Wildman–Crippen MR) is 131 cm³/mol. The second kappa shape index (κ2) is 9.30. The fraction of sp³-hybridized carbons (Fsp3) is 0.407. The first-order valence-corrected chi connectivity index (χ1v) is 11.7. The van der Waals surface area contributed by atoms with Gasteiger partial charge >= 0.3 is 6.09 Å². The van der Waals surface area contributed by atoms with E-state index in [9.17, 15) is 9.59 Å². The first-order chi connectivity index (χ1) is 15.7. The number of hydrogen-bond donors (Lipinski definition) is 2. The Bertz CT molecular complexity index is 1140. The van der Waals surface area contributed by atoms with E-state index >= 15 is 0 Å². The lowest BCUT2D eigenvalue weighted by molar-refractivity contribution is 0.0181. The van der Waals surface area contributed by atoms with E-state index < -0.39 is 11.5 Å². The third-order valence-electron chi connectivity index (χ3n) is 6.34. The van der Waals surface area contributed by atoms with Crippen LogP contribution in [0.4, 0.5) is 4.79 Å². The number of carbonyl (C=O) groups is 2. The number of rotatable bonds is 5. The van der Waals surface area contributed by atoms with Gasteiger partial charge in [-0.15, -0.1) is 0 Å². The van der Waals surface area contributed by atoms with Crippen molar-refractivity contribution in [1.82, 2.24) is 9.88 Å². The summed E-state index contributed by atoms with van der Waals surface area (Å²) in [7, 11) is 0. The molecule has 0 unspecified atom stereocenters. The van der Waals surface area contributed by atoms with Crippen molar-refractivity contribution in [3.05, 3.63) is 59.8 Å². The van der Waals surface area contributed by atoms with Crippen molar-refractivity contribution in [2.45, 2.75) is 52.1 Å². The van der Waals surface area contributed by atoms with Crippen LogP contribution < -0.4 is 5.73 Å². The number of nitrogens with two attached hydrogens (primary N) is 1. The molecule has 1 aromatic heterocycles. The number of amides is 2. The molecule has 0 spiro atoms. The molecule has 33 heavy (non-hydrogen) atoms. The van der Waals surface area contributed by atoms with E-state index in [1.165, 1.54) is 5.56 Å². The maximum absolute atomic E-state index is 12.3. The second-order valence-corrected chi connectivity index (χ2v) is 9.94. The molecule has 1 aliphatic rings. The average molecular weight is 448 g/mol. The molecular weight excluding hydrogens is 414 g/mol. The minimum Gasteiger partial charge on any atom is -0.444 e. The number of nitrogens with zero attached hydrogens (tertiary/aromatic N) is 1. The molecule has 6 heteroatoms. The van der Waals surface area contributed by atoms with Gasteiger partial charge in [-0.1, -0.05) is 30.3 Å². The van der Waals surface area contributed by atoms with Gasteiger partial charge in [0.05, 0.1) is 11.1 Å². The highest BCUT2D eigenvalue weighted by Gasteiger charge is 2.27. The van der Waals surface area contributed by atoms with Crippen LogP contribution >= 0.6 is 0 Å². The van der Waals surface area contributed by atoms with Crippen LogP contribution in [-0.2, 0) is 11.2 Å². The highest BCUT2D eigenvalue weighted by atomic mass is 16.6. The summed E-state index contributed by atoms with van der Waals surface area (Å²) in [6.07, 6.45) is 5.68. The van der Waals surface area contributed by atoms with Crippen molar-refractivity contribution >= 4 is 22.9 Å². The minimum atomic E-state index is -0.467. The van der Waals surface area contributed by atoms with E-state index in [-0.39, 0.29) is 6.09 Å². The summed E-state index contributed by atoms with van der Waals surface area (Å²) < 4.78 is 5.50. The third-order valence-corrected chi connectivity index (χ3v) is 6.34. The van der Waals surface area contributed by atoms with E-state index in [1.54, 1.807) is 0 Å². The Morgan fingerprint density at radius 3 is 2.42 bits per heavy atom. The number of carbonyl (C=O) groups excluding carboxylic acids is 2. The molecule has 2 amide bonds. The van der Waals surface area contributed by atoms with Crippen molar-refractivity contribution in [1.29, 1.82) is 0 Å². The Morgan fingerprint density at radius 1 is 1.09 bits per heavy atom. The number of H-pyrrole nitrogens is 1. The number of aryl methyl sites for hydroxylation is 1. The van der Waals surface area contributed by atoms with Gasteiger partial charge in [0.1, 0.15) is 5.60 Å². The zero-order valence-electron chi connectivity index (χ0n) is 19.7. The number of primary amides is 1. The maximum atomic E-state index is 12.3. The zero-order valence-corrected chi connectivity index (χ0v) is 19.7. The number of likely N-dealkylation sites (tertiary alicyclic amines) is 1. The standard InChI is InChI=1S/C27H33N3O3/c1-27(2,3)33-26(32)30-13-11-18(12-14-30)9-10-20-17-29-24-22(20)15-21(16-23(24)25(28)31)19-7-5-4-6-8-19/h4-8,15-18,29H,9-14H2,1-3H3,(H2,28,31). The fourth-order valence-corrected chi connectivity index (χ4v) is 4.58. The number of aromatic amines is 1. The smallest absolute Gasteiger partial charge is 0.410 e. The van der Waals surface area contributed by atoms with Gasteiger partial charge < -0.3 is 20.4 Å². The Morgan fingerprint density at radius 2 is 1.79 bits per heavy atom. The number of ether oxygens (including phenoxy) is 1. The molecule has 1 aliphatic heterocycles. The summed E-state index contributed by atoms with van der Waals surface area (Å²) in [5, 5.41) is 1.05. The summed E-state index contributed by atoms with van der Waals surface area (Å²) >= 11 is 0. The molecule has 1 saturated heterocycles. The molecule has 0 bridgehead atoms. The summed E-state index contributed by atoms with van der Waals surface area (Å²) in [6, 6.07) is 14.1. The van der Waals surface area contributed by atoms with Crippen LogP contribution in [0, 0.1) is 5.92 Å². The first-order valence-electron chi connectivity index (χ1n) is 11.7. The molecule has 6 nitrogen and oxygen atoms in total. The van der Waals surface area contributed by atoms with E-state index in [0.717, 1.165) is 60.8 Å². The summed E-state index contributed by atoms with van der Waals surface area (Å²) in [6.45, 7) is 7.15. The molecule has 1 fully saturated rings. The van der Waals surface area contributed by atoms with Crippen LogP contribution in [0.1, 0.15) is 56.0 Å². The van der Waals surface area contributed by atoms with E-state index in [0.29, 0.717) is 11.5 Å². The zero-order chi connectivity index (χ0) is 23.6. The normalized spacial score (nSPS) is 15.1. The van der Waals surface area contributed by atoms with Crippen molar-refractivity contribution in [3.63, 3.8) is 0 Å². The van der Waals surface area contributed by atoms with Gasteiger partial charge in [0, 0.05) is 24.7 Å². The number of aromatic nitrogens is 1. The average Bonchev–Trinajstić information content (AvgIpc) is 3.19. The van der Waals surface area contributed by atoms with Crippen molar-refractivity contribution < 1.29 is 14.3 Å². The topological polar surface area (TPSA) is 88.4 Å². The Hall–Kier alpha value is -3.28. The van der Waals surface area contributed by atoms with Gasteiger partial charge in [-0.2, -0.15) is 0 Å². The molecule has 2 heterocycles.